The van der Waals surface area contributed by atoms with E-state index < -0.39 is 17.7 Å². The van der Waals surface area contributed by atoms with Crippen LogP contribution in [0.1, 0.15) is 36.1 Å². The fourth-order valence-corrected chi connectivity index (χ4v) is 4.44. The van der Waals surface area contributed by atoms with Gasteiger partial charge in [0.15, 0.2) is 11.5 Å². The molecule has 0 spiro atoms. The lowest BCUT2D eigenvalue weighted by Crippen LogP contribution is -2.32. The monoisotopic (exact) mass is 467 g/mol. The Bertz CT molecular complexity index is 1120. The lowest BCUT2D eigenvalue weighted by molar-refractivity contribution is -0.140. The summed E-state index contributed by atoms with van der Waals surface area (Å²) in [6.07, 6.45) is 1.70. The lowest BCUT2D eigenvalue weighted by atomic mass is 9.93. The number of hydrogen-bond donors (Lipinski definition) is 1. The number of rotatable bonds is 8. The van der Waals surface area contributed by atoms with Crippen LogP contribution in [-0.2, 0) is 20.7 Å². The predicted octanol–water partition coefficient (Wildman–Crippen LogP) is 3.49. The second kappa shape index (κ2) is 10.2. The number of fused-ring (bicyclic) bond motifs is 1. The third kappa shape index (κ3) is 4.33. The van der Waals surface area contributed by atoms with Crippen LogP contribution in [-0.4, -0.2) is 62.3 Å². The van der Waals surface area contributed by atoms with Gasteiger partial charge in [-0.3, -0.25) is 9.59 Å². The fraction of sp³-hybridized carbons (Fsp3) is 0.385. The summed E-state index contributed by atoms with van der Waals surface area (Å²) in [6, 6.07) is 9.76. The SMILES string of the molecule is CCOc1cc(C2/C(=C(\O)c3ccc4c(c3)CCCO4)C(=O)C(=O)N2CCOC)ccc1OC. The van der Waals surface area contributed by atoms with Crippen LogP contribution in [0.4, 0.5) is 0 Å². The molecule has 1 unspecified atom stereocenters. The molecule has 0 aromatic heterocycles. The maximum Gasteiger partial charge on any atom is 0.295 e. The number of benzene rings is 2. The number of methoxy groups -OCH3 is 2. The average molecular weight is 468 g/mol. The quantitative estimate of drug-likeness (QED) is 0.361. The lowest BCUT2D eigenvalue weighted by Gasteiger charge is -2.26. The van der Waals surface area contributed by atoms with Gasteiger partial charge in [0.05, 0.1) is 38.5 Å². The fourth-order valence-electron chi connectivity index (χ4n) is 4.44. The molecule has 1 saturated heterocycles. The molecule has 180 valence electrons. The number of aryl methyl sites for hydroxylation is 1. The standard InChI is InChI=1S/C26H29NO7/c1-4-33-21-15-17(7-10-20(21)32-3)23-22(25(29)26(30)27(23)11-13-31-2)24(28)18-8-9-19-16(14-18)6-5-12-34-19/h7-10,14-15,23,28H,4-6,11-13H2,1-3H3/b24-22+. The number of likely N-dealkylation sites (tertiary alicyclic amines) is 1. The highest BCUT2D eigenvalue weighted by Gasteiger charge is 2.46. The normalized spacial score (nSPS) is 19.0. The van der Waals surface area contributed by atoms with Gasteiger partial charge in [-0.2, -0.15) is 0 Å². The van der Waals surface area contributed by atoms with Gasteiger partial charge in [-0.1, -0.05) is 6.07 Å². The molecule has 1 atom stereocenters. The van der Waals surface area contributed by atoms with Crippen LogP contribution in [0.2, 0.25) is 0 Å². The molecule has 8 heteroatoms. The molecule has 0 radical (unpaired) electrons. The minimum atomic E-state index is -0.799. The number of carbonyl (C=O) groups is 2. The largest absolute Gasteiger partial charge is 0.507 e. The van der Waals surface area contributed by atoms with Crippen LogP contribution >= 0.6 is 0 Å². The minimum Gasteiger partial charge on any atom is -0.507 e. The van der Waals surface area contributed by atoms with E-state index in [0.717, 1.165) is 24.2 Å². The molecule has 2 aromatic carbocycles. The molecule has 0 saturated carbocycles. The number of aliphatic hydroxyl groups excluding tert-OH is 1. The zero-order valence-corrected chi connectivity index (χ0v) is 19.6. The Morgan fingerprint density at radius 1 is 1.15 bits per heavy atom. The molecule has 2 aliphatic heterocycles. The second-order valence-corrected chi connectivity index (χ2v) is 8.10. The number of Topliss-reactive ketones (excluding diaryl/α,β-unsaturated/α-hetero) is 1. The van der Waals surface area contributed by atoms with Crippen LogP contribution in [0, 0.1) is 0 Å². The Kier molecular flexibility index (Phi) is 7.07. The third-order valence-corrected chi connectivity index (χ3v) is 6.06. The number of ketones is 1. The van der Waals surface area contributed by atoms with E-state index in [1.54, 1.807) is 37.4 Å². The average Bonchev–Trinajstić information content (AvgIpc) is 3.11. The van der Waals surface area contributed by atoms with E-state index in [9.17, 15) is 14.7 Å². The Labute approximate surface area is 198 Å². The number of nitrogens with zero attached hydrogens (tertiary/aromatic N) is 1. The van der Waals surface area contributed by atoms with E-state index in [4.69, 9.17) is 18.9 Å². The Morgan fingerprint density at radius 3 is 2.71 bits per heavy atom. The van der Waals surface area contributed by atoms with Crippen molar-refractivity contribution in [3.8, 4) is 17.2 Å². The first-order valence-electron chi connectivity index (χ1n) is 11.3. The molecule has 34 heavy (non-hydrogen) atoms. The van der Waals surface area contributed by atoms with Gasteiger partial charge in [-0.15, -0.1) is 0 Å². The van der Waals surface area contributed by atoms with E-state index in [2.05, 4.69) is 0 Å². The van der Waals surface area contributed by atoms with Crippen molar-refractivity contribution in [1.29, 1.82) is 0 Å². The van der Waals surface area contributed by atoms with Gasteiger partial charge in [0.1, 0.15) is 11.5 Å². The maximum absolute atomic E-state index is 13.2. The van der Waals surface area contributed by atoms with Crippen molar-refractivity contribution in [2.45, 2.75) is 25.8 Å². The molecule has 8 nitrogen and oxygen atoms in total. The van der Waals surface area contributed by atoms with Crippen LogP contribution in [0.15, 0.2) is 42.0 Å². The molecule has 0 bridgehead atoms. The van der Waals surface area contributed by atoms with Gasteiger partial charge in [0.2, 0.25) is 0 Å². The van der Waals surface area contributed by atoms with E-state index in [-0.39, 0.29) is 24.5 Å². The first kappa shape index (κ1) is 23.6. The Morgan fingerprint density at radius 2 is 1.97 bits per heavy atom. The molecule has 1 fully saturated rings. The topological polar surface area (TPSA) is 94.5 Å². The van der Waals surface area contributed by atoms with Crippen molar-refractivity contribution in [1.82, 2.24) is 4.90 Å². The van der Waals surface area contributed by atoms with E-state index in [1.807, 2.05) is 13.0 Å². The van der Waals surface area contributed by atoms with Crippen molar-refractivity contribution < 1.29 is 33.6 Å². The van der Waals surface area contributed by atoms with Gasteiger partial charge in [-0.25, -0.2) is 0 Å². The molecular weight excluding hydrogens is 438 g/mol. The molecule has 0 aliphatic carbocycles. The van der Waals surface area contributed by atoms with Gasteiger partial charge in [-0.05, 0) is 61.2 Å². The zero-order valence-electron chi connectivity index (χ0n) is 19.6. The van der Waals surface area contributed by atoms with E-state index in [0.29, 0.717) is 35.8 Å². The first-order valence-corrected chi connectivity index (χ1v) is 11.3. The summed E-state index contributed by atoms with van der Waals surface area (Å²) in [7, 11) is 3.07. The summed E-state index contributed by atoms with van der Waals surface area (Å²) in [5.74, 6) is 0.168. The van der Waals surface area contributed by atoms with Gasteiger partial charge in [0.25, 0.3) is 11.7 Å². The van der Waals surface area contributed by atoms with Gasteiger partial charge < -0.3 is 29.0 Å². The summed E-state index contributed by atoms with van der Waals surface area (Å²) in [5, 5.41) is 11.3. The first-order chi connectivity index (χ1) is 16.5. The van der Waals surface area contributed by atoms with Crippen molar-refractivity contribution in [2.24, 2.45) is 0 Å². The number of amides is 1. The van der Waals surface area contributed by atoms with Crippen molar-refractivity contribution in [2.75, 3.05) is 40.6 Å². The predicted molar refractivity (Wildman–Crippen MR) is 125 cm³/mol. The summed E-state index contributed by atoms with van der Waals surface area (Å²) in [4.78, 5) is 27.6. The highest BCUT2D eigenvalue weighted by Crippen LogP contribution is 2.42. The van der Waals surface area contributed by atoms with Crippen LogP contribution in [0.5, 0.6) is 17.2 Å². The number of aliphatic hydroxyl groups is 1. The highest BCUT2D eigenvalue weighted by molar-refractivity contribution is 6.46. The number of ether oxygens (including phenoxy) is 4. The Hall–Kier alpha value is -3.52. The van der Waals surface area contributed by atoms with Crippen LogP contribution in [0.3, 0.4) is 0 Å². The number of carbonyl (C=O) groups excluding carboxylic acids is 2. The van der Waals surface area contributed by atoms with Crippen molar-refractivity contribution in [3.63, 3.8) is 0 Å². The molecule has 2 aliphatic rings. The molecule has 4 rings (SSSR count). The summed E-state index contributed by atoms with van der Waals surface area (Å²) in [5.41, 5.74) is 2.09. The summed E-state index contributed by atoms with van der Waals surface area (Å²) < 4.78 is 21.9. The smallest absolute Gasteiger partial charge is 0.295 e. The molecule has 2 heterocycles. The van der Waals surface area contributed by atoms with E-state index in [1.165, 1.54) is 12.0 Å². The number of hydrogen-bond acceptors (Lipinski definition) is 7. The maximum atomic E-state index is 13.2. The molecule has 1 amide bonds. The third-order valence-electron chi connectivity index (χ3n) is 6.06. The summed E-state index contributed by atoms with van der Waals surface area (Å²) >= 11 is 0. The Balaban J connectivity index is 1.85. The van der Waals surface area contributed by atoms with Gasteiger partial charge >= 0.3 is 0 Å². The minimum absolute atomic E-state index is 0.0328. The van der Waals surface area contributed by atoms with Crippen LogP contribution in [0.25, 0.3) is 5.76 Å². The molecule has 2 aromatic rings. The van der Waals surface area contributed by atoms with Crippen molar-refractivity contribution in [3.05, 3.63) is 58.7 Å². The summed E-state index contributed by atoms with van der Waals surface area (Å²) in [6.45, 7) is 3.37. The second-order valence-electron chi connectivity index (χ2n) is 8.10. The molecular formula is C26H29NO7. The van der Waals surface area contributed by atoms with E-state index >= 15 is 0 Å². The van der Waals surface area contributed by atoms with Gasteiger partial charge in [0, 0.05) is 19.2 Å². The van der Waals surface area contributed by atoms with Crippen LogP contribution < -0.4 is 14.2 Å². The zero-order chi connectivity index (χ0) is 24.2. The highest BCUT2D eigenvalue weighted by atomic mass is 16.5. The van der Waals surface area contributed by atoms with Crippen molar-refractivity contribution >= 4 is 17.4 Å². The molecule has 1 N–H and O–H groups in total.